The molecular weight excluding hydrogens is 222 g/mol. The van der Waals surface area contributed by atoms with Crippen molar-refractivity contribution in [2.75, 3.05) is 13.2 Å². The van der Waals surface area contributed by atoms with Crippen molar-refractivity contribution in [1.29, 1.82) is 0 Å². The molecule has 0 bridgehead atoms. The van der Waals surface area contributed by atoms with E-state index < -0.39 is 5.97 Å². The lowest BCUT2D eigenvalue weighted by Gasteiger charge is -2.23. The van der Waals surface area contributed by atoms with Gasteiger partial charge in [-0.25, -0.2) is 4.79 Å². The van der Waals surface area contributed by atoms with E-state index in [1.165, 1.54) is 22.8 Å². The van der Waals surface area contributed by atoms with E-state index in [0.29, 0.717) is 25.7 Å². The van der Waals surface area contributed by atoms with Crippen molar-refractivity contribution < 1.29 is 14.6 Å². The summed E-state index contributed by atoms with van der Waals surface area (Å²) in [7, 11) is 0. The zero-order chi connectivity index (χ0) is 12.3. The van der Waals surface area contributed by atoms with Crippen LogP contribution >= 0.6 is 0 Å². The van der Waals surface area contributed by atoms with Crippen LogP contribution in [0.3, 0.4) is 0 Å². The third kappa shape index (κ3) is 2.74. The number of aromatic nitrogens is 1. The largest absolute Gasteiger partial charge is 0.477 e. The van der Waals surface area contributed by atoms with Crippen LogP contribution in [0.25, 0.3) is 0 Å². The van der Waals surface area contributed by atoms with Crippen molar-refractivity contribution in [3.05, 3.63) is 34.2 Å². The van der Waals surface area contributed by atoms with E-state index in [4.69, 9.17) is 9.84 Å². The van der Waals surface area contributed by atoms with Gasteiger partial charge in [-0.05, 0) is 24.8 Å². The summed E-state index contributed by atoms with van der Waals surface area (Å²) in [6, 6.07) is 4.33. The molecule has 5 heteroatoms. The van der Waals surface area contributed by atoms with Gasteiger partial charge in [-0.15, -0.1) is 0 Å². The summed E-state index contributed by atoms with van der Waals surface area (Å²) in [5.41, 5.74) is -0.194. The summed E-state index contributed by atoms with van der Waals surface area (Å²) in [5.74, 6) is -0.739. The van der Waals surface area contributed by atoms with Crippen molar-refractivity contribution in [2.24, 2.45) is 5.92 Å². The molecule has 5 nitrogen and oxygen atoms in total. The third-order valence-corrected chi connectivity index (χ3v) is 3.05. The molecule has 0 radical (unpaired) electrons. The molecule has 0 saturated carbocycles. The van der Waals surface area contributed by atoms with Crippen LogP contribution in [0.4, 0.5) is 0 Å². The highest BCUT2D eigenvalue weighted by Crippen LogP contribution is 2.16. The maximum atomic E-state index is 11.7. The molecule has 1 saturated heterocycles. The Bertz CT molecular complexity index is 460. The second-order valence-electron chi connectivity index (χ2n) is 4.22. The van der Waals surface area contributed by atoms with Crippen LogP contribution in [0, 0.1) is 5.92 Å². The standard InChI is InChI=1S/C12H15NO4/c14-11-3-1-2-10(12(15)16)13(11)8-9-4-6-17-7-5-9/h1-3,9H,4-8H2,(H,15,16). The lowest BCUT2D eigenvalue weighted by atomic mass is 10.00. The number of aromatic carboxylic acids is 1. The van der Waals surface area contributed by atoms with Gasteiger partial charge in [-0.3, -0.25) is 4.79 Å². The Kier molecular flexibility index (Phi) is 3.58. The Balaban J connectivity index is 2.24. The first-order valence-electron chi connectivity index (χ1n) is 5.69. The van der Waals surface area contributed by atoms with E-state index in [1.54, 1.807) is 0 Å². The second-order valence-corrected chi connectivity index (χ2v) is 4.22. The smallest absolute Gasteiger partial charge is 0.352 e. The Morgan fingerprint density at radius 2 is 2.12 bits per heavy atom. The molecule has 0 spiro atoms. The van der Waals surface area contributed by atoms with Crippen LogP contribution in [0.15, 0.2) is 23.0 Å². The number of carboxylic acid groups (broad SMARTS) is 1. The minimum absolute atomic E-state index is 0.0593. The minimum atomic E-state index is -1.06. The summed E-state index contributed by atoms with van der Waals surface area (Å²) < 4.78 is 6.59. The average Bonchev–Trinajstić information content (AvgIpc) is 2.33. The van der Waals surface area contributed by atoms with Gasteiger partial charge in [0.05, 0.1) is 0 Å². The molecule has 0 aromatic carbocycles. The van der Waals surface area contributed by atoms with Gasteiger partial charge in [-0.2, -0.15) is 0 Å². The minimum Gasteiger partial charge on any atom is -0.477 e. The Hall–Kier alpha value is -1.62. The molecule has 1 aliphatic rings. The number of ether oxygens (including phenoxy) is 1. The predicted molar refractivity (Wildman–Crippen MR) is 61.2 cm³/mol. The van der Waals surface area contributed by atoms with Crippen LogP contribution in [0.5, 0.6) is 0 Å². The lowest BCUT2D eigenvalue weighted by Crippen LogP contribution is -2.30. The molecule has 1 fully saturated rings. The fourth-order valence-corrected chi connectivity index (χ4v) is 2.08. The highest BCUT2D eigenvalue weighted by atomic mass is 16.5. The van der Waals surface area contributed by atoms with Crippen molar-refractivity contribution in [2.45, 2.75) is 19.4 Å². The number of rotatable bonds is 3. The zero-order valence-electron chi connectivity index (χ0n) is 9.46. The summed E-state index contributed by atoms with van der Waals surface area (Å²) in [6.45, 7) is 1.84. The van der Waals surface area contributed by atoms with Crippen molar-refractivity contribution in [3.8, 4) is 0 Å². The monoisotopic (exact) mass is 237 g/mol. The molecule has 17 heavy (non-hydrogen) atoms. The van der Waals surface area contributed by atoms with Crippen LogP contribution < -0.4 is 5.56 Å². The van der Waals surface area contributed by atoms with Crippen LogP contribution in [0.1, 0.15) is 23.3 Å². The van der Waals surface area contributed by atoms with Gasteiger partial charge in [0, 0.05) is 25.8 Å². The lowest BCUT2D eigenvalue weighted by molar-refractivity contribution is 0.0588. The molecule has 1 aromatic heterocycles. The van der Waals surface area contributed by atoms with Crippen LogP contribution in [-0.4, -0.2) is 28.9 Å². The van der Waals surface area contributed by atoms with Gasteiger partial charge in [0.25, 0.3) is 5.56 Å². The number of hydrogen-bond acceptors (Lipinski definition) is 3. The van der Waals surface area contributed by atoms with Crippen molar-refractivity contribution >= 4 is 5.97 Å². The number of hydrogen-bond donors (Lipinski definition) is 1. The average molecular weight is 237 g/mol. The van der Waals surface area contributed by atoms with E-state index in [9.17, 15) is 9.59 Å². The van der Waals surface area contributed by atoms with E-state index >= 15 is 0 Å². The topological polar surface area (TPSA) is 68.5 Å². The number of nitrogens with zero attached hydrogens (tertiary/aromatic N) is 1. The Morgan fingerprint density at radius 3 is 2.76 bits per heavy atom. The molecule has 2 rings (SSSR count). The summed E-state index contributed by atoms with van der Waals surface area (Å²) >= 11 is 0. The molecule has 0 unspecified atom stereocenters. The van der Waals surface area contributed by atoms with Crippen molar-refractivity contribution in [3.63, 3.8) is 0 Å². The van der Waals surface area contributed by atoms with Gasteiger partial charge >= 0.3 is 5.97 Å². The van der Waals surface area contributed by atoms with E-state index in [0.717, 1.165) is 12.8 Å². The van der Waals surface area contributed by atoms with Crippen LogP contribution in [0.2, 0.25) is 0 Å². The molecular formula is C12H15NO4. The second kappa shape index (κ2) is 5.14. The molecule has 2 heterocycles. The van der Waals surface area contributed by atoms with Gasteiger partial charge in [0.2, 0.25) is 0 Å². The quantitative estimate of drug-likeness (QED) is 0.850. The molecule has 0 atom stereocenters. The predicted octanol–water partition coefficient (Wildman–Crippen LogP) is 0.973. The Labute approximate surface area is 98.6 Å². The SMILES string of the molecule is O=C(O)c1cccc(=O)n1CC1CCOCC1. The summed E-state index contributed by atoms with van der Waals surface area (Å²) in [5, 5.41) is 9.04. The fraction of sp³-hybridized carbons (Fsp3) is 0.500. The van der Waals surface area contributed by atoms with Gasteiger partial charge in [0.1, 0.15) is 5.69 Å². The van der Waals surface area contributed by atoms with Gasteiger partial charge in [0.15, 0.2) is 0 Å². The fourth-order valence-electron chi connectivity index (χ4n) is 2.08. The van der Waals surface area contributed by atoms with Gasteiger partial charge in [-0.1, -0.05) is 6.07 Å². The van der Waals surface area contributed by atoms with E-state index in [2.05, 4.69) is 0 Å². The Morgan fingerprint density at radius 1 is 1.41 bits per heavy atom. The number of carboxylic acids is 1. The third-order valence-electron chi connectivity index (χ3n) is 3.05. The molecule has 1 aliphatic heterocycles. The zero-order valence-corrected chi connectivity index (χ0v) is 9.46. The first-order chi connectivity index (χ1) is 8.18. The maximum absolute atomic E-state index is 11.7. The molecule has 1 N–H and O–H groups in total. The maximum Gasteiger partial charge on any atom is 0.352 e. The highest BCUT2D eigenvalue weighted by molar-refractivity contribution is 5.85. The first kappa shape index (κ1) is 11.9. The summed E-state index contributed by atoms with van der Waals surface area (Å²) in [4.78, 5) is 22.7. The number of carbonyl (C=O) groups is 1. The molecule has 0 aliphatic carbocycles. The molecule has 92 valence electrons. The van der Waals surface area contributed by atoms with Gasteiger partial charge < -0.3 is 14.4 Å². The number of pyridine rings is 1. The van der Waals surface area contributed by atoms with Crippen molar-refractivity contribution in [1.82, 2.24) is 4.57 Å². The summed E-state index contributed by atoms with van der Waals surface area (Å²) in [6.07, 6.45) is 1.75. The molecule has 0 amide bonds. The van der Waals surface area contributed by atoms with Crippen LogP contribution in [-0.2, 0) is 11.3 Å². The molecule has 1 aromatic rings. The normalized spacial score (nSPS) is 16.9. The highest BCUT2D eigenvalue weighted by Gasteiger charge is 2.18. The van der Waals surface area contributed by atoms with E-state index in [1.807, 2.05) is 0 Å². The first-order valence-corrected chi connectivity index (χ1v) is 5.69. The van der Waals surface area contributed by atoms with E-state index in [-0.39, 0.29) is 11.3 Å².